The summed E-state index contributed by atoms with van der Waals surface area (Å²) >= 11 is 0. The van der Waals surface area contributed by atoms with Gasteiger partial charge in [-0.25, -0.2) is 9.97 Å². The number of hydrogen-bond acceptors (Lipinski definition) is 4. The number of nitrogens with zero attached hydrogens (tertiary/aromatic N) is 3. The van der Waals surface area contributed by atoms with E-state index >= 15 is 0 Å². The molecule has 5 heteroatoms. The van der Waals surface area contributed by atoms with E-state index in [9.17, 15) is 4.79 Å². The van der Waals surface area contributed by atoms with E-state index in [0.717, 1.165) is 36.1 Å². The van der Waals surface area contributed by atoms with Crippen molar-refractivity contribution in [3.63, 3.8) is 0 Å². The zero-order chi connectivity index (χ0) is 15.5. The van der Waals surface area contributed by atoms with Crippen molar-refractivity contribution in [1.29, 1.82) is 0 Å². The molecule has 0 spiro atoms. The van der Waals surface area contributed by atoms with Crippen LogP contribution < -0.4 is 10.2 Å². The van der Waals surface area contributed by atoms with Crippen LogP contribution in [0.3, 0.4) is 0 Å². The molecule has 1 aromatic carbocycles. The number of hydrogen-bond donors (Lipinski definition) is 1. The highest BCUT2D eigenvalue weighted by molar-refractivity contribution is 5.93. The summed E-state index contributed by atoms with van der Waals surface area (Å²) in [5, 5.41) is 4.06. The zero-order valence-electron chi connectivity index (χ0n) is 13.1. The van der Waals surface area contributed by atoms with Crippen LogP contribution in [0.5, 0.6) is 0 Å². The second-order valence-corrected chi connectivity index (χ2v) is 6.20. The number of carbonyl (C=O) groups excluding carboxylic acids is 1. The summed E-state index contributed by atoms with van der Waals surface area (Å²) in [4.78, 5) is 23.4. The van der Waals surface area contributed by atoms with Crippen molar-refractivity contribution >= 4 is 22.6 Å². The maximum Gasteiger partial charge on any atom is 0.242 e. The van der Waals surface area contributed by atoms with Crippen LogP contribution in [-0.2, 0) is 4.79 Å². The molecule has 0 radical (unpaired) electrons. The fourth-order valence-electron chi connectivity index (χ4n) is 2.93. The second-order valence-electron chi connectivity index (χ2n) is 6.20. The minimum absolute atomic E-state index is 0.105. The number of benzene rings is 1. The Morgan fingerprint density at radius 3 is 3.00 bits per heavy atom. The molecule has 0 saturated carbocycles. The van der Waals surface area contributed by atoms with Crippen molar-refractivity contribution in [2.24, 2.45) is 5.92 Å². The Labute approximate surface area is 130 Å². The average molecular weight is 298 g/mol. The van der Waals surface area contributed by atoms with Crippen LogP contribution in [0.1, 0.15) is 26.7 Å². The van der Waals surface area contributed by atoms with Crippen molar-refractivity contribution in [3.8, 4) is 0 Å². The van der Waals surface area contributed by atoms with Gasteiger partial charge in [-0.3, -0.25) is 4.79 Å². The topological polar surface area (TPSA) is 58.1 Å². The van der Waals surface area contributed by atoms with Crippen LogP contribution in [0.25, 0.3) is 10.9 Å². The number of anilines is 1. The molecule has 1 unspecified atom stereocenters. The molecule has 3 rings (SSSR count). The van der Waals surface area contributed by atoms with Gasteiger partial charge in [0.15, 0.2) is 0 Å². The second kappa shape index (κ2) is 6.30. The van der Waals surface area contributed by atoms with E-state index in [1.54, 1.807) is 6.33 Å². The van der Waals surface area contributed by atoms with Gasteiger partial charge in [-0.1, -0.05) is 26.0 Å². The first-order chi connectivity index (χ1) is 10.7. The lowest BCUT2D eigenvalue weighted by molar-refractivity contribution is -0.122. The van der Waals surface area contributed by atoms with Gasteiger partial charge < -0.3 is 10.2 Å². The highest BCUT2D eigenvalue weighted by Gasteiger charge is 2.32. The molecule has 0 aliphatic carbocycles. The van der Waals surface area contributed by atoms with E-state index in [0.29, 0.717) is 12.5 Å². The lowest BCUT2D eigenvalue weighted by Crippen LogP contribution is -2.44. The van der Waals surface area contributed by atoms with E-state index in [4.69, 9.17) is 0 Å². The third-order valence-corrected chi connectivity index (χ3v) is 4.03. The van der Waals surface area contributed by atoms with E-state index in [-0.39, 0.29) is 11.9 Å². The fraction of sp³-hybridized carbons (Fsp3) is 0.471. The number of aromatic nitrogens is 2. The number of fused-ring (bicyclic) bond motifs is 1. The SMILES string of the molecule is CC(C)CNC(=O)C1CCCN1c1ncnc2ccccc12. The van der Waals surface area contributed by atoms with Crippen LogP contribution >= 0.6 is 0 Å². The molecule has 1 atom stereocenters. The van der Waals surface area contributed by atoms with Gasteiger partial charge in [0.05, 0.1) is 5.52 Å². The van der Waals surface area contributed by atoms with E-state index in [1.807, 2.05) is 24.3 Å². The van der Waals surface area contributed by atoms with Crippen LogP contribution in [0.2, 0.25) is 0 Å². The molecule has 1 aliphatic heterocycles. The predicted molar refractivity (Wildman–Crippen MR) is 87.8 cm³/mol. The summed E-state index contributed by atoms with van der Waals surface area (Å²) in [7, 11) is 0. The first-order valence-corrected chi connectivity index (χ1v) is 7.91. The van der Waals surface area contributed by atoms with Crippen molar-refractivity contribution in [2.45, 2.75) is 32.7 Å². The van der Waals surface area contributed by atoms with Gasteiger partial charge in [0.2, 0.25) is 5.91 Å². The lowest BCUT2D eigenvalue weighted by atomic mass is 10.1. The summed E-state index contributed by atoms with van der Waals surface area (Å²) in [6.45, 7) is 5.78. The number of nitrogens with one attached hydrogen (secondary N) is 1. The Hall–Kier alpha value is -2.17. The van der Waals surface area contributed by atoms with Gasteiger partial charge in [-0.15, -0.1) is 0 Å². The average Bonchev–Trinajstić information content (AvgIpc) is 3.01. The standard InChI is InChI=1S/C17H22N4O/c1-12(2)10-18-17(22)15-8-5-9-21(15)16-13-6-3-4-7-14(13)19-11-20-16/h3-4,6-7,11-12,15H,5,8-10H2,1-2H3,(H,18,22). The Morgan fingerprint density at radius 2 is 2.18 bits per heavy atom. The molecule has 1 amide bonds. The van der Waals surface area contributed by atoms with Crippen molar-refractivity contribution in [3.05, 3.63) is 30.6 Å². The quantitative estimate of drug-likeness (QED) is 0.941. The summed E-state index contributed by atoms with van der Waals surface area (Å²) in [5.74, 6) is 1.43. The number of carbonyl (C=O) groups is 1. The first kappa shape index (κ1) is 14.8. The van der Waals surface area contributed by atoms with Crippen LogP contribution in [0, 0.1) is 5.92 Å². The Balaban J connectivity index is 1.87. The van der Waals surface area contributed by atoms with Crippen molar-refractivity contribution < 1.29 is 4.79 Å². The molecule has 1 fully saturated rings. The third kappa shape index (κ3) is 2.89. The molecule has 1 aliphatic rings. The van der Waals surface area contributed by atoms with Gasteiger partial charge in [0, 0.05) is 18.5 Å². The summed E-state index contributed by atoms with van der Waals surface area (Å²) in [6.07, 6.45) is 3.47. The molecular weight excluding hydrogens is 276 g/mol. The molecular formula is C17H22N4O. The van der Waals surface area contributed by atoms with Gasteiger partial charge in [-0.2, -0.15) is 0 Å². The summed E-state index contributed by atoms with van der Waals surface area (Å²) in [5.41, 5.74) is 0.917. The first-order valence-electron chi connectivity index (χ1n) is 7.91. The normalized spacial score (nSPS) is 18.1. The summed E-state index contributed by atoms with van der Waals surface area (Å²) in [6, 6.07) is 7.82. The zero-order valence-corrected chi connectivity index (χ0v) is 13.1. The largest absolute Gasteiger partial charge is 0.354 e. The van der Waals surface area contributed by atoms with Crippen LogP contribution in [0.4, 0.5) is 5.82 Å². The Bertz CT molecular complexity index is 665. The lowest BCUT2D eigenvalue weighted by Gasteiger charge is -2.26. The van der Waals surface area contributed by atoms with Crippen molar-refractivity contribution in [1.82, 2.24) is 15.3 Å². The molecule has 2 aromatic rings. The van der Waals surface area contributed by atoms with E-state index in [2.05, 4.69) is 34.0 Å². The van der Waals surface area contributed by atoms with Crippen molar-refractivity contribution in [2.75, 3.05) is 18.0 Å². The maximum absolute atomic E-state index is 12.5. The maximum atomic E-state index is 12.5. The highest BCUT2D eigenvalue weighted by Crippen LogP contribution is 2.29. The molecule has 2 heterocycles. The Kier molecular flexibility index (Phi) is 4.22. The Morgan fingerprint density at radius 1 is 1.36 bits per heavy atom. The number of amides is 1. The van der Waals surface area contributed by atoms with Crippen LogP contribution in [0.15, 0.2) is 30.6 Å². The highest BCUT2D eigenvalue weighted by atomic mass is 16.2. The van der Waals surface area contributed by atoms with Gasteiger partial charge >= 0.3 is 0 Å². The minimum atomic E-state index is -0.128. The number of rotatable bonds is 4. The molecule has 22 heavy (non-hydrogen) atoms. The van der Waals surface area contributed by atoms with Gasteiger partial charge in [0.1, 0.15) is 18.2 Å². The summed E-state index contributed by atoms with van der Waals surface area (Å²) < 4.78 is 0. The van der Waals surface area contributed by atoms with Gasteiger partial charge in [0.25, 0.3) is 0 Å². The molecule has 1 aromatic heterocycles. The minimum Gasteiger partial charge on any atom is -0.354 e. The van der Waals surface area contributed by atoms with Gasteiger partial charge in [-0.05, 0) is 30.9 Å². The third-order valence-electron chi connectivity index (χ3n) is 4.03. The number of para-hydroxylation sites is 1. The monoisotopic (exact) mass is 298 g/mol. The fourth-order valence-corrected chi connectivity index (χ4v) is 2.93. The smallest absolute Gasteiger partial charge is 0.242 e. The van der Waals surface area contributed by atoms with E-state index < -0.39 is 0 Å². The molecule has 1 saturated heterocycles. The predicted octanol–water partition coefficient (Wildman–Crippen LogP) is 2.37. The molecule has 5 nitrogen and oxygen atoms in total. The molecule has 116 valence electrons. The van der Waals surface area contributed by atoms with Crippen LogP contribution in [-0.4, -0.2) is 35.0 Å². The molecule has 1 N–H and O–H groups in total. The molecule has 0 bridgehead atoms. The van der Waals surface area contributed by atoms with E-state index in [1.165, 1.54) is 0 Å².